The lowest BCUT2D eigenvalue weighted by Gasteiger charge is -2.15. The molecule has 4 heteroatoms. The van der Waals surface area contributed by atoms with Gasteiger partial charge in [0.1, 0.15) is 0 Å². The Morgan fingerprint density at radius 3 is 2.67 bits per heavy atom. The van der Waals surface area contributed by atoms with Gasteiger partial charge in [-0.25, -0.2) is 0 Å². The summed E-state index contributed by atoms with van der Waals surface area (Å²) < 4.78 is 27.2. The Hall–Kier alpha value is -0.0900. The van der Waals surface area contributed by atoms with Crippen LogP contribution in [0, 0.1) is 5.92 Å². The van der Waals surface area contributed by atoms with Gasteiger partial charge in [-0.15, -0.1) is 0 Å². The molecule has 0 amide bonds. The second-order valence-corrected chi connectivity index (χ2v) is 5.23. The lowest BCUT2D eigenvalue weighted by molar-refractivity contribution is 0.354. The van der Waals surface area contributed by atoms with Gasteiger partial charge >= 0.3 is 0 Å². The molecular formula is C8H16O3S. The highest BCUT2D eigenvalue weighted by Gasteiger charge is 2.36. The van der Waals surface area contributed by atoms with E-state index in [1.807, 2.05) is 6.92 Å². The minimum Gasteiger partial charge on any atom is -0.270 e. The second kappa shape index (κ2) is 3.75. The molecule has 2 atom stereocenters. The highest BCUT2D eigenvalue weighted by Crippen LogP contribution is 2.27. The molecule has 0 aromatic heterocycles. The maximum absolute atomic E-state index is 11.3. The van der Waals surface area contributed by atoms with Gasteiger partial charge in [0, 0.05) is 0 Å². The van der Waals surface area contributed by atoms with E-state index in [1.54, 1.807) is 0 Å². The molecule has 1 fully saturated rings. The largest absolute Gasteiger partial charge is 0.270 e. The van der Waals surface area contributed by atoms with Gasteiger partial charge in [-0.1, -0.05) is 20.3 Å². The monoisotopic (exact) mass is 192 g/mol. The van der Waals surface area contributed by atoms with Crippen molar-refractivity contribution >= 4 is 10.1 Å². The van der Waals surface area contributed by atoms with Gasteiger partial charge in [0.2, 0.25) is 0 Å². The molecule has 0 N–H and O–H groups in total. The zero-order chi connectivity index (χ0) is 9.19. The first-order valence-corrected chi connectivity index (χ1v) is 5.93. The Labute approximate surface area is 74.2 Å². The van der Waals surface area contributed by atoms with E-state index >= 15 is 0 Å². The lowest BCUT2D eigenvalue weighted by Crippen LogP contribution is -2.23. The third-order valence-corrected chi connectivity index (χ3v) is 4.34. The van der Waals surface area contributed by atoms with Crippen molar-refractivity contribution in [2.45, 2.75) is 38.4 Å². The molecule has 0 aromatic carbocycles. The summed E-state index contributed by atoms with van der Waals surface area (Å²) in [5.41, 5.74) is 0. The second-order valence-electron chi connectivity index (χ2n) is 3.41. The van der Waals surface area contributed by atoms with Gasteiger partial charge in [-0.05, 0) is 18.8 Å². The van der Waals surface area contributed by atoms with Crippen LogP contribution in [0.5, 0.6) is 0 Å². The summed E-state index contributed by atoms with van der Waals surface area (Å²) in [6.07, 6.45) is 2.67. The van der Waals surface area contributed by atoms with Crippen LogP contribution in [0.2, 0.25) is 0 Å². The predicted octanol–water partition coefficient (Wildman–Crippen LogP) is 1.54. The Bertz CT molecular complexity index is 233. The fraction of sp³-hybridized carbons (Fsp3) is 1.00. The number of rotatable bonds is 3. The molecule has 0 aromatic rings. The van der Waals surface area contributed by atoms with Crippen molar-refractivity contribution in [3.63, 3.8) is 0 Å². The van der Waals surface area contributed by atoms with Crippen molar-refractivity contribution in [2.75, 3.05) is 6.61 Å². The SMILES string of the molecule is CCCC(C)C1CCOS1(=O)=O. The van der Waals surface area contributed by atoms with E-state index in [1.165, 1.54) is 0 Å². The first-order valence-electron chi connectivity index (χ1n) is 4.46. The summed E-state index contributed by atoms with van der Waals surface area (Å²) in [6.45, 7) is 4.43. The van der Waals surface area contributed by atoms with E-state index in [0.29, 0.717) is 13.0 Å². The normalized spacial score (nSPS) is 30.3. The van der Waals surface area contributed by atoms with Crippen molar-refractivity contribution in [3.05, 3.63) is 0 Å². The minimum absolute atomic E-state index is 0.238. The maximum atomic E-state index is 11.3. The summed E-state index contributed by atoms with van der Waals surface area (Å²) in [4.78, 5) is 0. The average Bonchev–Trinajstić information content (AvgIpc) is 2.30. The van der Waals surface area contributed by atoms with Crippen LogP contribution in [0.25, 0.3) is 0 Å². The molecule has 12 heavy (non-hydrogen) atoms. The summed E-state index contributed by atoms with van der Waals surface area (Å²) in [6, 6.07) is 0. The Kier molecular flexibility index (Phi) is 3.12. The van der Waals surface area contributed by atoms with E-state index in [9.17, 15) is 8.42 Å². The van der Waals surface area contributed by atoms with Gasteiger partial charge in [0.05, 0.1) is 11.9 Å². The molecule has 1 saturated heterocycles. The number of hydrogen-bond donors (Lipinski definition) is 0. The van der Waals surface area contributed by atoms with Crippen LogP contribution in [-0.4, -0.2) is 20.3 Å². The highest BCUT2D eigenvalue weighted by atomic mass is 32.2. The minimum atomic E-state index is -3.21. The summed E-state index contributed by atoms with van der Waals surface area (Å²) >= 11 is 0. The van der Waals surface area contributed by atoms with Crippen LogP contribution in [-0.2, 0) is 14.3 Å². The van der Waals surface area contributed by atoms with E-state index in [0.717, 1.165) is 12.8 Å². The van der Waals surface area contributed by atoms with Crippen molar-refractivity contribution in [3.8, 4) is 0 Å². The van der Waals surface area contributed by atoms with Crippen molar-refractivity contribution in [2.24, 2.45) is 5.92 Å². The first-order chi connectivity index (χ1) is 5.58. The zero-order valence-corrected chi connectivity index (χ0v) is 8.43. The molecule has 2 unspecified atom stereocenters. The van der Waals surface area contributed by atoms with Gasteiger partial charge in [0.25, 0.3) is 10.1 Å². The molecule has 72 valence electrons. The topological polar surface area (TPSA) is 43.4 Å². The molecular weight excluding hydrogens is 176 g/mol. The fourth-order valence-electron chi connectivity index (χ4n) is 1.72. The molecule has 0 saturated carbocycles. The fourth-order valence-corrected chi connectivity index (χ4v) is 3.32. The molecule has 1 aliphatic heterocycles. The van der Waals surface area contributed by atoms with Crippen LogP contribution in [0.1, 0.15) is 33.1 Å². The molecule has 1 rings (SSSR count). The molecule has 3 nitrogen and oxygen atoms in total. The Morgan fingerprint density at radius 1 is 1.58 bits per heavy atom. The van der Waals surface area contributed by atoms with Crippen LogP contribution < -0.4 is 0 Å². The third kappa shape index (κ3) is 1.98. The van der Waals surface area contributed by atoms with Crippen LogP contribution in [0.15, 0.2) is 0 Å². The van der Waals surface area contributed by atoms with Gasteiger partial charge < -0.3 is 0 Å². The van der Waals surface area contributed by atoms with Gasteiger partial charge in [0.15, 0.2) is 0 Å². The van der Waals surface area contributed by atoms with Crippen LogP contribution in [0.4, 0.5) is 0 Å². The molecule has 0 aliphatic carbocycles. The van der Waals surface area contributed by atoms with E-state index in [4.69, 9.17) is 4.18 Å². The molecule has 1 heterocycles. The molecule has 0 radical (unpaired) electrons. The summed E-state index contributed by atoms with van der Waals surface area (Å²) in [5.74, 6) is 0.238. The van der Waals surface area contributed by atoms with E-state index in [-0.39, 0.29) is 11.2 Å². The summed E-state index contributed by atoms with van der Waals surface area (Å²) in [5, 5.41) is -0.252. The smallest absolute Gasteiger partial charge is 0.270 e. The van der Waals surface area contributed by atoms with Crippen molar-refractivity contribution in [1.29, 1.82) is 0 Å². The zero-order valence-electron chi connectivity index (χ0n) is 7.62. The number of hydrogen-bond acceptors (Lipinski definition) is 3. The standard InChI is InChI=1S/C8H16O3S/c1-3-4-7(2)8-5-6-11-12(8,9)10/h7-8H,3-6H2,1-2H3. The highest BCUT2D eigenvalue weighted by molar-refractivity contribution is 7.87. The third-order valence-electron chi connectivity index (χ3n) is 2.40. The van der Waals surface area contributed by atoms with Gasteiger partial charge in [-0.2, -0.15) is 8.42 Å². The Balaban J connectivity index is 2.62. The maximum Gasteiger partial charge on any atom is 0.270 e. The molecule has 0 spiro atoms. The van der Waals surface area contributed by atoms with E-state index < -0.39 is 10.1 Å². The predicted molar refractivity (Wildman–Crippen MR) is 47.3 cm³/mol. The van der Waals surface area contributed by atoms with E-state index in [2.05, 4.69) is 6.92 Å². The summed E-state index contributed by atoms with van der Waals surface area (Å²) in [7, 11) is -3.21. The van der Waals surface area contributed by atoms with Gasteiger partial charge in [-0.3, -0.25) is 4.18 Å². The Morgan fingerprint density at radius 2 is 2.25 bits per heavy atom. The lowest BCUT2D eigenvalue weighted by atomic mass is 10.0. The van der Waals surface area contributed by atoms with Crippen molar-refractivity contribution in [1.82, 2.24) is 0 Å². The molecule has 1 aliphatic rings. The first kappa shape index (κ1) is 9.99. The van der Waals surface area contributed by atoms with Crippen LogP contribution in [0.3, 0.4) is 0 Å². The average molecular weight is 192 g/mol. The molecule has 0 bridgehead atoms. The van der Waals surface area contributed by atoms with Crippen LogP contribution >= 0.6 is 0 Å². The quantitative estimate of drug-likeness (QED) is 0.637. The van der Waals surface area contributed by atoms with Crippen molar-refractivity contribution < 1.29 is 12.6 Å².